The molecular formula is C26H27FN4O2. The molecule has 3 heterocycles. The third-order valence-corrected chi connectivity index (χ3v) is 6.34. The molecule has 2 aliphatic rings. The minimum atomic E-state index is -0.513. The Morgan fingerprint density at radius 3 is 2.52 bits per heavy atom. The molecule has 0 saturated carbocycles. The topological polar surface area (TPSA) is 58.6 Å². The van der Waals surface area contributed by atoms with E-state index in [2.05, 4.69) is 4.90 Å². The molecule has 2 aliphatic heterocycles. The SMILES string of the molecule is Cc1ccccc1Oc1nc(N2CCCCC2)nc2c1CN(C(=O)c1ccccc1F)CC2. The van der Waals surface area contributed by atoms with Crippen molar-refractivity contribution in [2.75, 3.05) is 24.5 Å². The molecule has 33 heavy (non-hydrogen) atoms. The zero-order valence-electron chi connectivity index (χ0n) is 18.8. The van der Waals surface area contributed by atoms with E-state index < -0.39 is 5.82 Å². The summed E-state index contributed by atoms with van der Waals surface area (Å²) in [4.78, 5) is 26.6. The van der Waals surface area contributed by atoms with Crippen LogP contribution < -0.4 is 9.64 Å². The minimum absolute atomic E-state index is 0.0770. The van der Waals surface area contributed by atoms with Gasteiger partial charge in [0.05, 0.1) is 23.4 Å². The van der Waals surface area contributed by atoms with Crippen molar-refractivity contribution >= 4 is 11.9 Å². The molecule has 170 valence electrons. The Bertz CT molecular complexity index is 1180. The van der Waals surface area contributed by atoms with Crippen molar-refractivity contribution in [3.63, 3.8) is 0 Å². The van der Waals surface area contributed by atoms with Crippen molar-refractivity contribution < 1.29 is 13.9 Å². The Hall–Kier alpha value is -3.48. The fraction of sp³-hybridized carbons (Fsp3) is 0.346. The maximum Gasteiger partial charge on any atom is 0.257 e. The van der Waals surface area contributed by atoms with Gasteiger partial charge in [-0.15, -0.1) is 0 Å². The number of fused-ring (bicyclic) bond motifs is 1. The van der Waals surface area contributed by atoms with Gasteiger partial charge in [-0.05, 0) is 49.9 Å². The first-order valence-corrected chi connectivity index (χ1v) is 11.5. The normalized spacial score (nSPS) is 15.8. The standard InChI is InChI=1S/C26H27FN4O2/c1-18-9-3-6-12-23(18)33-24-20-17-31(25(32)19-10-4-5-11-21(19)27)16-13-22(20)28-26(29-24)30-14-7-2-8-15-30/h3-6,9-12H,2,7-8,13-17H2,1H3. The van der Waals surface area contributed by atoms with Gasteiger partial charge in [-0.1, -0.05) is 30.3 Å². The average molecular weight is 447 g/mol. The summed E-state index contributed by atoms with van der Waals surface area (Å²) in [5.41, 5.74) is 2.76. The number of hydrogen-bond acceptors (Lipinski definition) is 5. The van der Waals surface area contributed by atoms with E-state index in [0.29, 0.717) is 24.8 Å². The number of amides is 1. The quantitative estimate of drug-likeness (QED) is 0.570. The van der Waals surface area contributed by atoms with Crippen LogP contribution >= 0.6 is 0 Å². The van der Waals surface area contributed by atoms with Crippen LogP contribution in [0.5, 0.6) is 11.6 Å². The summed E-state index contributed by atoms with van der Waals surface area (Å²) in [7, 11) is 0. The first-order valence-electron chi connectivity index (χ1n) is 11.5. The van der Waals surface area contributed by atoms with E-state index in [1.807, 2.05) is 31.2 Å². The van der Waals surface area contributed by atoms with Crippen LogP contribution in [0.25, 0.3) is 0 Å². The van der Waals surface area contributed by atoms with E-state index in [1.165, 1.54) is 18.6 Å². The van der Waals surface area contributed by atoms with Crippen LogP contribution in [0.3, 0.4) is 0 Å². The predicted molar refractivity (Wildman–Crippen MR) is 124 cm³/mol. The second kappa shape index (κ2) is 9.17. The zero-order chi connectivity index (χ0) is 22.8. The largest absolute Gasteiger partial charge is 0.438 e. The number of carbonyl (C=O) groups excluding carboxylic acids is 1. The molecule has 0 spiro atoms. The van der Waals surface area contributed by atoms with Crippen LogP contribution in [-0.4, -0.2) is 40.4 Å². The summed E-state index contributed by atoms with van der Waals surface area (Å²) in [6.07, 6.45) is 4.04. The molecule has 1 fully saturated rings. The molecule has 5 rings (SSSR count). The van der Waals surface area contributed by atoms with Gasteiger partial charge in [0.2, 0.25) is 11.8 Å². The van der Waals surface area contributed by atoms with E-state index in [1.54, 1.807) is 17.0 Å². The van der Waals surface area contributed by atoms with E-state index in [9.17, 15) is 9.18 Å². The Kier molecular flexibility index (Phi) is 5.94. The molecule has 0 N–H and O–H groups in total. The second-order valence-corrected chi connectivity index (χ2v) is 8.63. The van der Waals surface area contributed by atoms with Crippen molar-refractivity contribution in [1.29, 1.82) is 0 Å². The highest BCUT2D eigenvalue weighted by molar-refractivity contribution is 5.94. The molecule has 0 atom stereocenters. The van der Waals surface area contributed by atoms with Crippen molar-refractivity contribution in [3.05, 3.63) is 76.7 Å². The number of ether oxygens (including phenoxy) is 1. The molecule has 6 nitrogen and oxygen atoms in total. The third kappa shape index (κ3) is 4.40. The number of carbonyl (C=O) groups is 1. The molecule has 7 heteroatoms. The molecule has 2 aromatic carbocycles. The number of aryl methyl sites for hydroxylation is 1. The number of benzene rings is 2. The molecule has 0 unspecified atom stereocenters. The smallest absolute Gasteiger partial charge is 0.257 e. The highest BCUT2D eigenvalue weighted by Gasteiger charge is 2.29. The zero-order valence-corrected chi connectivity index (χ0v) is 18.8. The first-order chi connectivity index (χ1) is 16.1. The molecule has 3 aromatic rings. The summed E-state index contributed by atoms with van der Waals surface area (Å²) in [6, 6.07) is 13.9. The van der Waals surface area contributed by atoms with Gasteiger partial charge in [0.25, 0.3) is 5.91 Å². The number of hydrogen-bond donors (Lipinski definition) is 0. The maximum absolute atomic E-state index is 14.3. The van der Waals surface area contributed by atoms with Crippen molar-refractivity contribution in [2.24, 2.45) is 0 Å². The Morgan fingerprint density at radius 2 is 1.73 bits per heavy atom. The van der Waals surface area contributed by atoms with Gasteiger partial charge < -0.3 is 14.5 Å². The number of para-hydroxylation sites is 1. The number of nitrogens with zero attached hydrogens (tertiary/aromatic N) is 4. The second-order valence-electron chi connectivity index (χ2n) is 8.63. The molecule has 0 aliphatic carbocycles. The van der Waals surface area contributed by atoms with Gasteiger partial charge >= 0.3 is 0 Å². The number of anilines is 1. The number of halogens is 1. The molecule has 0 bridgehead atoms. The first kappa shape index (κ1) is 21.4. The minimum Gasteiger partial charge on any atom is -0.438 e. The van der Waals surface area contributed by atoms with E-state index in [-0.39, 0.29) is 18.0 Å². The Balaban J connectivity index is 1.50. The van der Waals surface area contributed by atoms with Crippen LogP contribution in [-0.2, 0) is 13.0 Å². The van der Waals surface area contributed by atoms with Crippen molar-refractivity contribution in [1.82, 2.24) is 14.9 Å². The van der Waals surface area contributed by atoms with Gasteiger partial charge in [0, 0.05) is 26.1 Å². The van der Waals surface area contributed by atoms with Crippen LogP contribution in [0.2, 0.25) is 0 Å². The fourth-order valence-corrected chi connectivity index (χ4v) is 4.44. The third-order valence-electron chi connectivity index (χ3n) is 6.34. The maximum atomic E-state index is 14.3. The number of aromatic nitrogens is 2. The summed E-state index contributed by atoms with van der Waals surface area (Å²) in [5, 5.41) is 0. The molecule has 0 radical (unpaired) electrons. The summed E-state index contributed by atoms with van der Waals surface area (Å²) in [5.74, 6) is 1.04. The lowest BCUT2D eigenvalue weighted by atomic mass is 10.0. The Morgan fingerprint density at radius 1 is 0.970 bits per heavy atom. The molecular weight excluding hydrogens is 419 g/mol. The van der Waals surface area contributed by atoms with Crippen LogP contribution in [0.1, 0.15) is 46.4 Å². The fourth-order valence-electron chi connectivity index (χ4n) is 4.44. The summed E-state index contributed by atoms with van der Waals surface area (Å²) in [6.45, 7) is 4.61. The molecule has 1 saturated heterocycles. The van der Waals surface area contributed by atoms with E-state index in [4.69, 9.17) is 14.7 Å². The Labute approximate surface area is 193 Å². The van der Waals surface area contributed by atoms with Gasteiger partial charge in [-0.3, -0.25) is 4.79 Å². The monoisotopic (exact) mass is 446 g/mol. The summed E-state index contributed by atoms with van der Waals surface area (Å²) < 4.78 is 20.6. The van der Waals surface area contributed by atoms with Gasteiger partial charge in [0.15, 0.2) is 0 Å². The van der Waals surface area contributed by atoms with Crippen molar-refractivity contribution in [3.8, 4) is 11.6 Å². The lowest BCUT2D eigenvalue weighted by molar-refractivity contribution is 0.0727. The van der Waals surface area contributed by atoms with Crippen LogP contribution in [0.15, 0.2) is 48.5 Å². The lowest BCUT2D eigenvalue weighted by Crippen LogP contribution is -2.38. The number of piperidine rings is 1. The molecule has 1 aromatic heterocycles. The van der Waals surface area contributed by atoms with Crippen LogP contribution in [0, 0.1) is 12.7 Å². The number of rotatable bonds is 4. The highest BCUT2D eigenvalue weighted by Crippen LogP contribution is 2.33. The highest BCUT2D eigenvalue weighted by atomic mass is 19.1. The predicted octanol–water partition coefficient (Wildman–Crippen LogP) is 4.91. The van der Waals surface area contributed by atoms with Crippen molar-refractivity contribution in [2.45, 2.75) is 39.2 Å². The lowest BCUT2D eigenvalue weighted by Gasteiger charge is -2.32. The average Bonchev–Trinajstić information content (AvgIpc) is 2.85. The van der Waals surface area contributed by atoms with E-state index >= 15 is 0 Å². The van der Waals surface area contributed by atoms with Gasteiger partial charge in [0.1, 0.15) is 11.6 Å². The van der Waals surface area contributed by atoms with Crippen LogP contribution in [0.4, 0.5) is 10.3 Å². The summed E-state index contributed by atoms with van der Waals surface area (Å²) >= 11 is 0. The van der Waals surface area contributed by atoms with E-state index in [0.717, 1.165) is 48.5 Å². The van der Waals surface area contributed by atoms with Gasteiger partial charge in [-0.25, -0.2) is 9.37 Å². The van der Waals surface area contributed by atoms with Gasteiger partial charge in [-0.2, -0.15) is 4.98 Å². The molecule has 1 amide bonds.